The van der Waals surface area contributed by atoms with Crippen LogP contribution in [0.5, 0.6) is 0 Å². The molecule has 40 heavy (non-hydrogen) atoms. The van der Waals surface area contributed by atoms with Crippen LogP contribution in [0.1, 0.15) is 12.0 Å². The molecular formula is C30H25BrN4O3S2. The van der Waals surface area contributed by atoms with E-state index in [9.17, 15) is 13.0 Å². The number of pyridine rings is 1. The molecule has 1 aliphatic rings. The Labute approximate surface area is 245 Å². The van der Waals surface area contributed by atoms with Crippen molar-refractivity contribution in [2.45, 2.75) is 11.3 Å². The summed E-state index contributed by atoms with van der Waals surface area (Å²) in [5, 5.41) is 2.04. The van der Waals surface area contributed by atoms with Crippen LogP contribution in [0.2, 0.25) is 0 Å². The topological polar surface area (TPSA) is 82.1 Å². The van der Waals surface area contributed by atoms with Gasteiger partial charge >= 0.3 is 0 Å². The van der Waals surface area contributed by atoms with Crippen molar-refractivity contribution in [1.29, 1.82) is 0 Å². The number of rotatable bonds is 7. The van der Waals surface area contributed by atoms with Crippen molar-refractivity contribution in [2.75, 3.05) is 17.2 Å². The van der Waals surface area contributed by atoms with E-state index in [1.165, 1.54) is 0 Å². The number of halogens is 1. The average Bonchev–Trinajstić information content (AvgIpc) is 3.47. The maximum absolute atomic E-state index is 11.3. The molecule has 3 heterocycles. The van der Waals surface area contributed by atoms with Gasteiger partial charge in [0.1, 0.15) is 4.60 Å². The zero-order valence-corrected chi connectivity index (χ0v) is 24.8. The molecule has 0 amide bonds. The number of benzene rings is 3. The molecular weight excluding hydrogens is 608 g/mol. The summed E-state index contributed by atoms with van der Waals surface area (Å²) in [6, 6.07) is 28.7. The van der Waals surface area contributed by atoms with Crippen LogP contribution in [0.3, 0.4) is 0 Å². The Morgan fingerprint density at radius 3 is 2.50 bits per heavy atom. The van der Waals surface area contributed by atoms with E-state index in [1.54, 1.807) is 18.0 Å². The number of anilines is 1. The number of hydrogen-bond donors (Lipinski definition) is 0. The largest absolute Gasteiger partial charge is 0.748 e. The van der Waals surface area contributed by atoms with Gasteiger partial charge in [-0.2, -0.15) is 0 Å². The lowest BCUT2D eigenvalue weighted by Crippen LogP contribution is -2.35. The lowest BCUT2D eigenvalue weighted by molar-refractivity contribution is -0.555. The number of para-hydroxylation sites is 3. The third-order valence-corrected chi connectivity index (χ3v) is 9.49. The summed E-state index contributed by atoms with van der Waals surface area (Å²) in [5.41, 5.74) is 5.00. The quantitative estimate of drug-likeness (QED) is 0.159. The van der Waals surface area contributed by atoms with Crippen LogP contribution in [0.25, 0.3) is 34.2 Å². The van der Waals surface area contributed by atoms with Crippen LogP contribution < -0.4 is 9.47 Å². The van der Waals surface area contributed by atoms with Crippen LogP contribution in [0.15, 0.2) is 106 Å². The van der Waals surface area contributed by atoms with Crippen molar-refractivity contribution in [2.24, 2.45) is 7.05 Å². The van der Waals surface area contributed by atoms with Gasteiger partial charge in [0.15, 0.2) is 0 Å². The van der Waals surface area contributed by atoms with Gasteiger partial charge in [-0.05, 0) is 52.2 Å². The summed E-state index contributed by atoms with van der Waals surface area (Å²) in [5.74, 6) is 0.411. The second-order valence-electron chi connectivity index (χ2n) is 9.46. The van der Waals surface area contributed by atoms with Crippen LogP contribution in [0, 0.1) is 0 Å². The molecule has 202 valence electrons. The molecule has 0 aliphatic carbocycles. The smallest absolute Gasteiger partial charge is 0.255 e. The molecule has 3 aromatic carbocycles. The minimum atomic E-state index is -4.29. The normalized spacial score (nSPS) is 14.3. The summed E-state index contributed by atoms with van der Waals surface area (Å²) < 4.78 is 39.0. The SMILES string of the molecule is Cn1c(Br)cnc1-c1cc(C=C2Sc3ccccc3N2CCCS(=O)(=O)[O-])c2ccccc2[n+]1-c1ccccc1. The van der Waals surface area contributed by atoms with Gasteiger partial charge in [0.2, 0.25) is 17.0 Å². The second-order valence-corrected chi connectivity index (χ2v) is 12.9. The predicted molar refractivity (Wildman–Crippen MR) is 162 cm³/mol. The maximum atomic E-state index is 11.3. The molecule has 2 aromatic heterocycles. The molecule has 0 radical (unpaired) electrons. The Morgan fingerprint density at radius 1 is 1.02 bits per heavy atom. The van der Waals surface area contributed by atoms with Gasteiger partial charge in [0, 0.05) is 48.5 Å². The lowest BCUT2D eigenvalue weighted by Gasteiger charge is -2.21. The Balaban J connectivity index is 1.55. The number of imidazole rings is 1. The molecule has 7 nitrogen and oxygen atoms in total. The Kier molecular flexibility index (Phi) is 7.26. The zero-order valence-electron chi connectivity index (χ0n) is 21.6. The first-order valence-electron chi connectivity index (χ1n) is 12.7. The number of aromatic nitrogens is 3. The van der Waals surface area contributed by atoms with Crippen LogP contribution >= 0.6 is 27.7 Å². The highest BCUT2D eigenvalue weighted by atomic mass is 79.9. The summed E-state index contributed by atoms with van der Waals surface area (Å²) in [6.45, 7) is 0.422. The molecule has 6 rings (SSSR count). The summed E-state index contributed by atoms with van der Waals surface area (Å²) in [6.07, 6.45) is 4.19. The van der Waals surface area contributed by atoms with Gasteiger partial charge in [-0.25, -0.2) is 13.4 Å². The van der Waals surface area contributed by atoms with Crippen molar-refractivity contribution in [3.63, 3.8) is 0 Å². The van der Waals surface area contributed by atoms with E-state index in [2.05, 4.69) is 67.9 Å². The van der Waals surface area contributed by atoms with Crippen molar-refractivity contribution < 1.29 is 17.5 Å². The Hall–Kier alpha value is -3.44. The number of nitrogens with zero attached hydrogens (tertiary/aromatic N) is 4. The van der Waals surface area contributed by atoms with Crippen LogP contribution in [0.4, 0.5) is 5.69 Å². The summed E-state index contributed by atoms with van der Waals surface area (Å²) >= 11 is 5.24. The fourth-order valence-corrected chi connectivity index (χ4v) is 6.91. The van der Waals surface area contributed by atoms with Crippen molar-refractivity contribution in [3.8, 4) is 17.2 Å². The summed E-state index contributed by atoms with van der Waals surface area (Å²) in [4.78, 5) is 7.93. The number of fused-ring (bicyclic) bond motifs is 2. The molecule has 10 heteroatoms. The minimum Gasteiger partial charge on any atom is -0.748 e. The third kappa shape index (κ3) is 5.19. The average molecular weight is 634 g/mol. The number of hydrogen-bond acceptors (Lipinski definition) is 6. The molecule has 0 unspecified atom stereocenters. The van der Waals surface area contributed by atoms with E-state index in [4.69, 9.17) is 4.98 Å². The number of thioether (sulfide) groups is 1. The molecule has 5 aromatic rings. The third-order valence-electron chi connectivity index (χ3n) is 6.86. The molecule has 0 N–H and O–H groups in total. The van der Waals surface area contributed by atoms with Crippen molar-refractivity contribution in [3.05, 3.63) is 106 Å². The standard InChI is InChI=1S/C30H25BrN4O3S2/c1-33-28(31)20-32-30(33)26-18-21(23-12-5-6-13-24(23)35(26)22-10-3-2-4-11-22)19-29-34(16-9-17-40(36,37)38)25-14-7-8-15-27(25)39-29/h2-8,10-15,18-20H,9,16-17H2,1H3. The van der Waals surface area contributed by atoms with E-state index in [1.807, 2.05) is 60.1 Å². The Morgan fingerprint density at radius 2 is 1.75 bits per heavy atom. The summed E-state index contributed by atoms with van der Waals surface area (Å²) in [7, 11) is -2.31. The zero-order chi connectivity index (χ0) is 27.9. The van der Waals surface area contributed by atoms with E-state index >= 15 is 0 Å². The molecule has 0 bridgehead atoms. The highest BCUT2D eigenvalue weighted by molar-refractivity contribution is 9.10. The molecule has 0 saturated carbocycles. The monoisotopic (exact) mass is 632 g/mol. The lowest BCUT2D eigenvalue weighted by atomic mass is 10.1. The van der Waals surface area contributed by atoms with Gasteiger partial charge in [-0.1, -0.05) is 54.2 Å². The van der Waals surface area contributed by atoms with E-state index in [0.29, 0.717) is 6.54 Å². The van der Waals surface area contributed by atoms with Crippen LogP contribution in [-0.4, -0.2) is 34.8 Å². The van der Waals surface area contributed by atoms with Crippen molar-refractivity contribution >= 4 is 60.5 Å². The Bertz CT molecular complexity index is 1870. The fourth-order valence-electron chi connectivity index (χ4n) is 5.02. The molecule has 0 atom stereocenters. The van der Waals surface area contributed by atoms with E-state index in [0.717, 1.165) is 53.9 Å². The van der Waals surface area contributed by atoms with E-state index in [-0.39, 0.29) is 6.42 Å². The molecule has 0 spiro atoms. The predicted octanol–water partition coefficient (Wildman–Crippen LogP) is 6.13. The molecule has 0 fully saturated rings. The van der Waals surface area contributed by atoms with E-state index < -0.39 is 15.9 Å². The first kappa shape index (κ1) is 26.8. The fraction of sp³-hybridized carbons (Fsp3) is 0.133. The van der Waals surface area contributed by atoms with Gasteiger partial charge in [-0.15, -0.1) is 4.57 Å². The first-order chi connectivity index (χ1) is 19.3. The minimum absolute atomic E-state index is 0.244. The molecule has 1 aliphatic heterocycles. The highest BCUT2D eigenvalue weighted by Crippen LogP contribution is 2.47. The van der Waals surface area contributed by atoms with Gasteiger partial charge in [0.05, 0.1) is 32.4 Å². The van der Waals surface area contributed by atoms with Crippen LogP contribution in [-0.2, 0) is 17.2 Å². The van der Waals surface area contributed by atoms with Gasteiger partial charge < -0.3 is 14.0 Å². The molecule has 0 saturated heterocycles. The first-order valence-corrected chi connectivity index (χ1v) is 15.9. The van der Waals surface area contributed by atoms with Gasteiger partial charge in [-0.3, -0.25) is 0 Å². The second kappa shape index (κ2) is 10.9. The van der Waals surface area contributed by atoms with Gasteiger partial charge in [0.25, 0.3) is 5.69 Å². The maximum Gasteiger partial charge on any atom is 0.255 e. The highest BCUT2D eigenvalue weighted by Gasteiger charge is 2.28. The van der Waals surface area contributed by atoms with Crippen molar-refractivity contribution in [1.82, 2.24) is 9.55 Å².